The lowest BCUT2D eigenvalue weighted by atomic mass is 9.96. The minimum atomic E-state index is -4.55. The van der Waals surface area contributed by atoms with E-state index in [9.17, 15) is 18.0 Å². The molecule has 1 aliphatic rings. The van der Waals surface area contributed by atoms with Crippen molar-refractivity contribution in [2.75, 3.05) is 13.1 Å². The molecule has 2 nitrogen and oxygen atoms in total. The van der Waals surface area contributed by atoms with Gasteiger partial charge in [0.05, 0.1) is 0 Å². The molecule has 19 heavy (non-hydrogen) atoms. The quantitative estimate of drug-likeness (QED) is 0.807. The second-order valence-electron chi connectivity index (χ2n) is 4.77. The van der Waals surface area contributed by atoms with E-state index < -0.39 is 18.0 Å². The number of carbonyl (C=O) groups excluding carboxylic acids is 1. The van der Waals surface area contributed by atoms with Crippen molar-refractivity contribution in [1.82, 2.24) is 4.90 Å². The van der Waals surface area contributed by atoms with Crippen LogP contribution in [0.5, 0.6) is 0 Å². The first kappa shape index (κ1) is 13.9. The minimum absolute atomic E-state index is 0.0190. The smallest absolute Gasteiger partial charge is 0.342 e. The maximum absolute atomic E-state index is 13.2. The molecular weight excluding hydrogens is 255 g/mol. The molecule has 1 amide bonds. The van der Waals surface area contributed by atoms with Crippen LogP contribution < -0.4 is 0 Å². The van der Waals surface area contributed by atoms with E-state index in [2.05, 4.69) is 0 Å². The number of rotatable bonds is 2. The Hall–Kier alpha value is -1.52. The molecule has 5 heteroatoms. The number of hydrogen-bond donors (Lipinski definition) is 0. The zero-order valence-corrected chi connectivity index (χ0v) is 10.5. The second kappa shape index (κ2) is 5.63. The first-order valence-electron chi connectivity index (χ1n) is 6.40. The van der Waals surface area contributed by atoms with Crippen LogP contribution in [0.1, 0.15) is 30.7 Å². The predicted octanol–water partition coefficient (Wildman–Crippen LogP) is 3.35. The Balaban J connectivity index is 2.25. The number of amides is 1. The Morgan fingerprint density at radius 1 is 1.05 bits per heavy atom. The summed E-state index contributed by atoms with van der Waals surface area (Å²) in [6.07, 6.45) is -2.00. The predicted molar refractivity (Wildman–Crippen MR) is 65.7 cm³/mol. The van der Waals surface area contributed by atoms with Crippen molar-refractivity contribution in [3.8, 4) is 0 Å². The number of nitrogens with zero attached hydrogens (tertiary/aromatic N) is 1. The fraction of sp³-hybridized carbons (Fsp3) is 0.500. The molecule has 0 bridgehead atoms. The van der Waals surface area contributed by atoms with Gasteiger partial charge in [-0.25, -0.2) is 0 Å². The molecule has 104 valence electrons. The highest BCUT2D eigenvalue weighted by Gasteiger charge is 2.47. The van der Waals surface area contributed by atoms with Crippen LogP contribution in [0.25, 0.3) is 0 Å². The second-order valence-corrected chi connectivity index (χ2v) is 4.77. The average molecular weight is 271 g/mol. The molecule has 0 radical (unpaired) electrons. The van der Waals surface area contributed by atoms with Crippen LogP contribution in [0.4, 0.5) is 13.2 Å². The van der Waals surface area contributed by atoms with E-state index in [0.717, 1.165) is 19.3 Å². The summed E-state index contributed by atoms with van der Waals surface area (Å²) in [6, 6.07) is 7.41. The zero-order chi connectivity index (χ0) is 13.9. The number of alkyl halides is 3. The van der Waals surface area contributed by atoms with E-state index in [1.165, 1.54) is 29.2 Å². The fourth-order valence-corrected chi connectivity index (χ4v) is 2.41. The summed E-state index contributed by atoms with van der Waals surface area (Å²) in [4.78, 5) is 13.5. The van der Waals surface area contributed by atoms with E-state index in [1.807, 2.05) is 0 Å². The topological polar surface area (TPSA) is 20.3 Å². The molecule has 1 fully saturated rings. The van der Waals surface area contributed by atoms with E-state index in [-0.39, 0.29) is 5.56 Å². The van der Waals surface area contributed by atoms with Crippen LogP contribution in [0, 0.1) is 0 Å². The summed E-state index contributed by atoms with van der Waals surface area (Å²) >= 11 is 0. The highest BCUT2D eigenvalue weighted by atomic mass is 19.4. The van der Waals surface area contributed by atoms with Crippen LogP contribution in [0.2, 0.25) is 0 Å². The normalized spacial score (nSPS) is 18.2. The van der Waals surface area contributed by atoms with Crippen LogP contribution in [-0.2, 0) is 4.79 Å². The summed E-state index contributed by atoms with van der Waals surface area (Å²) < 4.78 is 39.5. The molecule has 1 atom stereocenters. The molecule has 0 spiro atoms. The molecule has 0 N–H and O–H groups in total. The van der Waals surface area contributed by atoms with Gasteiger partial charge in [-0.1, -0.05) is 30.3 Å². The molecule has 1 aromatic rings. The number of piperidine rings is 1. The zero-order valence-electron chi connectivity index (χ0n) is 10.5. The van der Waals surface area contributed by atoms with Gasteiger partial charge in [-0.2, -0.15) is 13.2 Å². The molecular formula is C14H16F3NO. The summed E-state index contributed by atoms with van der Waals surface area (Å²) in [5.74, 6) is -2.86. The summed E-state index contributed by atoms with van der Waals surface area (Å²) in [7, 11) is 0. The van der Waals surface area contributed by atoms with Crippen LogP contribution >= 0.6 is 0 Å². The third kappa shape index (κ3) is 3.28. The monoisotopic (exact) mass is 271 g/mol. The SMILES string of the molecule is O=C(C(c1ccccc1)C(F)(F)F)N1CCCCC1. The molecule has 1 unspecified atom stereocenters. The Morgan fingerprint density at radius 2 is 1.63 bits per heavy atom. The molecule has 1 heterocycles. The molecule has 2 rings (SSSR count). The van der Waals surface area contributed by atoms with E-state index in [0.29, 0.717) is 13.1 Å². The Labute approximate surface area is 110 Å². The van der Waals surface area contributed by atoms with Crippen LogP contribution in [-0.4, -0.2) is 30.1 Å². The van der Waals surface area contributed by atoms with Crippen molar-refractivity contribution in [2.45, 2.75) is 31.4 Å². The number of hydrogen-bond acceptors (Lipinski definition) is 1. The minimum Gasteiger partial charge on any atom is -0.342 e. The van der Waals surface area contributed by atoms with E-state index in [4.69, 9.17) is 0 Å². The average Bonchev–Trinajstić information content (AvgIpc) is 2.39. The van der Waals surface area contributed by atoms with Crippen molar-refractivity contribution >= 4 is 5.91 Å². The Kier molecular flexibility index (Phi) is 4.12. The standard InChI is InChI=1S/C14H16F3NO/c15-14(16,17)12(11-7-3-1-4-8-11)13(19)18-9-5-2-6-10-18/h1,3-4,7-8,12H,2,5-6,9-10H2. The van der Waals surface area contributed by atoms with Crippen LogP contribution in [0.3, 0.4) is 0 Å². The first-order chi connectivity index (χ1) is 9.00. The van der Waals surface area contributed by atoms with E-state index in [1.54, 1.807) is 6.07 Å². The molecule has 0 saturated carbocycles. The van der Waals surface area contributed by atoms with Gasteiger partial charge in [0.1, 0.15) is 0 Å². The van der Waals surface area contributed by atoms with Gasteiger partial charge in [-0.3, -0.25) is 4.79 Å². The lowest BCUT2D eigenvalue weighted by molar-refractivity contribution is -0.172. The molecule has 1 aliphatic heterocycles. The molecule has 1 saturated heterocycles. The highest BCUT2D eigenvalue weighted by Crippen LogP contribution is 2.36. The maximum Gasteiger partial charge on any atom is 0.404 e. The van der Waals surface area contributed by atoms with Crippen molar-refractivity contribution in [2.24, 2.45) is 0 Å². The summed E-state index contributed by atoms with van der Waals surface area (Å²) in [5.41, 5.74) is 0.0190. The number of halogens is 3. The number of likely N-dealkylation sites (tertiary alicyclic amines) is 1. The Morgan fingerprint density at radius 3 is 2.16 bits per heavy atom. The third-order valence-corrected chi connectivity index (χ3v) is 3.37. The Bertz CT molecular complexity index is 424. The fourth-order valence-electron chi connectivity index (χ4n) is 2.41. The van der Waals surface area contributed by atoms with Crippen LogP contribution in [0.15, 0.2) is 30.3 Å². The molecule has 0 aliphatic carbocycles. The largest absolute Gasteiger partial charge is 0.404 e. The van der Waals surface area contributed by atoms with Crippen molar-refractivity contribution in [3.05, 3.63) is 35.9 Å². The van der Waals surface area contributed by atoms with Crippen molar-refractivity contribution in [3.63, 3.8) is 0 Å². The van der Waals surface area contributed by atoms with Crippen molar-refractivity contribution in [1.29, 1.82) is 0 Å². The van der Waals surface area contributed by atoms with Gasteiger partial charge < -0.3 is 4.90 Å². The first-order valence-corrected chi connectivity index (χ1v) is 6.40. The van der Waals surface area contributed by atoms with Gasteiger partial charge in [0.2, 0.25) is 5.91 Å². The maximum atomic E-state index is 13.2. The number of carbonyl (C=O) groups is 1. The summed E-state index contributed by atoms with van der Waals surface area (Å²) in [6.45, 7) is 0.858. The van der Waals surface area contributed by atoms with Gasteiger partial charge >= 0.3 is 6.18 Å². The summed E-state index contributed by atoms with van der Waals surface area (Å²) in [5, 5.41) is 0. The molecule has 0 aromatic heterocycles. The lowest BCUT2D eigenvalue weighted by Crippen LogP contribution is -2.43. The van der Waals surface area contributed by atoms with Crippen molar-refractivity contribution < 1.29 is 18.0 Å². The van der Waals surface area contributed by atoms with E-state index >= 15 is 0 Å². The lowest BCUT2D eigenvalue weighted by Gasteiger charge is -2.31. The third-order valence-electron chi connectivity index (χ3n) is 3.37. The molecule has 1 aromatic carbocycles. The van der Waals surface area contributed by atoms with Gasteiger partial charge in [-0.05, 0) is 24.8 Å². The highest BCUT2D eigenvalue weighted by molar-refractivity contribution is 5.84. The van der Waals surface area contributed by atoms with Gasteiger partial charge in [0.25, 0.3) is 0 Å². The van der Waals surface area contributed by atoms with Gasteiger partial charge in [0.15, 0.2) is 5.92 Å². The number of benzene rings is 1. The van der Waals surface area contributed by atoms with Gasteiger partial charge in [-0.15, -0.1) is 0 Å². The van der Waals surface area contributed by atoms with Gasteiger partial charge in [0, 0.05) is 13.1 Å².